The molecular weight excluding hydrogens is 188 g/mol. The minimum atomic E-state index is -4.85. The molecule has 1 aromatic carbocycles. The Labute approximate surface area is 81.5 Å². The summed E-state index contributed by atoms with van der Waals surface area (Å²) in [5, 5.41) is 0. The summed E-state index contributed by atoms with van der Waals surface area (Å²) in [6.07, 6.45) is 3.28. The third-order valence-electron chi connectivity index (χ3n) is 1.99. The van der Waals surface area contributed by atoms with E-state index >= 15 is 0 Å². The van der Waals surface area contributed by atoms with Crippen molar-refractivity contribution in [3.8, 4) is 0 Å². The van der Waals surface area contributed by atoms with E-state index in [4.69, 9.17) is 0 Å². The van der Waals surface area contributed by atoms with Gasteiger partial charge >= 0.3 is 6.98 Å². The highest BCUT2D eigenvalue weighted by molar-refractivity contribution is 6.73. The maximum absolute atomic E-state index is 12.2. The van der Waals surface area contributed by atoms with E-state index in [0.717, 1.165) is 30.5 Å². The minimum absolute atomic E-state index is 0.535. The number of hydrogen-bond donors (Lipinski definition) is 0. The summed E-state index contributed by atoms with van der Waals surface area (Å²) in [5.41, 5.74) is 0.376. The Bertz CT molecular complexity index is 300. The fourth-order valence-corrected chi connectivity index (χ4v) is 1.17. The second-order valence-electron chi connectivity index (χ2n) is 3.14. The molecule has 1 aromatic rings. The molecule has 0 atom stereocenters. The van der Waals surface area contributed by atoms with E-state index in [1.54, 1.807) is 6.08 Å². The van der Waals surface area contributed by atoms with Crippen molar-refractivity contribution in [1.29, 1.82) is 0 Å². The van der Waals surface area contributed by atoms with Gasteiger partial charge in [-0.1, -0.05) is 30.3 Å². The zero-order valence-corrected chi connectivity index (χ0v) is 7.72. The van der Waals surface area contributed by atoms with Crippen LogP contribution < -0.4 is 5.46 Å². The summed E-state index contributed by atoms with van der Waals surface area (Å²) in [6.45, 7) is -1.30. The van der Waals surface area contributed by atoms with Gasteiger partial charge in [-0.3, -0.25) is 0 Å². The van der Waals surface area contributed by atoms with Crippen LogP contribution in [0, 0.1) is 0 Å². The fourth-order valence-electron chi connectivity index (χ4n) is 1.17. The van der Waals surface area contributed by atoms with Gasteiger partial charge in [-0.15, -0.1) is 12.0 Å². The molecule has 1 rings (SSSR count). The first-order valence-electron chi connectivity index (χ1n) is 4.43. The Hall–Kier alpha value is -1.19. The standard InChI is InChI=1S/C10H11BF3/c1-2-3-4-9-5-7-10(8-6-9)11(12,13)14/h2,5-8H,1,3-4H2/q-1. The Morgan fingerprint density at radius 2 is 1.71 bits per heavy atom. The van der Waals surface area contributed by atoms with Crippen molar-refractivity contribution in [3.05, 3.63) is 42.5 Å². The van der Waals surface area contributed by atoms with E-state index in [9.17, 15) is 12.9 Å². The molecule has 0 bridgehead atoms. The number of hydrogen-bond acceptors (Lipinski definition) is 0. The van der Waals surface area contributed by atoms with Crippen molar-refractivity contribution in [1.82, 2.24) is 0 Å². The van der Waals surface area contributed by atoms with Gasteiger partial charge < -0.3 is 12.9 Å². The van der Waals surface area contributed by atoms with Gasteiger partial charge in [-0.25, -0.2) is 0 Å². The number of aryl methyl sites for hydroxylation is 1. The lowest BCUT2D eigenvalue weighted by Crippen LogP contribution is -2.33. The Morgan fingerprint density at radius 3 is 2.14 bits per heavy atom. The molecule has 0 heterocycles. The number of halogens is 3. The highest BCUT2D eigenvalue weighted by Crippen LogP contribution is 2.10. The second kappa shape index (κ2) is 4.35. The van der Waals surface area contributed by atoms with Crippen molar-refractivity contribution in [2.24, 2.45) is 0 Å². The minimum Gasteiger partial charge on any atom is -0.445 e. The summed E-state index contributed by atoms with van der Waals surface area (Å²) in [6, 6.07) is 5.32. The molecule has 4 heteroatoms. The molecule has 0 amide bonds. The molecule has 14 heavy (non-hydrogen) atoms. The van der Waals surface area contributed by atoms with E-state index in [2.05, 4.69) is 6.58 Å². The van der Waals surface area contributed by atoms with Crippen molar-refractivity contribution in [2.75, 3.05) is 0 Å². The number of allylic oxidation sites excluding steroid dienone is 1. The van der Waals surface area contributed by atoms with Crippen LogP contribution in [-0.4, -0.2) is 6.98 Å². The topological polar surface area (TPSA) is 0 Å². The zero-order chi connectivity index (χ0) is 10.6. The number of rotatable bonds is 4. The highest BCUT2D eigenvalue weighted by atomic mass is 19.4. The summed E-state index contributed by atoms with van der Waals surface area (Å²) in [7, 11) is 0. The van der Waals surface area contributed by atoms with Crippen LogP contribution >= 0.6 is 0 Å². The molecule has 0 spiro atoms. The first-order valence-corrected chi connectivity index (χ1v) is 4.43. The van der Waals surface area contributed by atoms with Gasteiger partial charge in [0.1, 0.15) is 0 Å². The van der Waals surface area contributed by atoms with Crippen molar-refractivity contribution >= 4 is 12.4 Å². The van der Waals surface area contributed by atoms with Crippen LogP contribution in [0.4, 0.5) is 12.9 Å². The molecule has 0 N–H and O–H groups in total. The maximum Gasteiger partial charge on any atom is 0.509 e. The predicted octanol–water partition coefficient (Wildman–Crippen LogP) is 2.86. The van der Waals surface area contributed by atoms with Gasteiger partial charge in [-0.05, 0) is 18.4 Å². The normalized spacial score (nSPS) is 11.4. The molecule has 0 aliphatic carbocycles. The summed E-state index contributed by atoms with van der Waals surface area (Å²) in [5.74, 6) is 0. The Balaban J connectivity index is 2.73. The van der Waals surface area contributed by atoms with Gasteiger partial charge in [-0.2, -0.15) is 0 Å². The van der Waals surface area contributed by atoms with Crippen LogP contribution in [0.2, 0.25) is 0 Å². The van der Waals surface area contributed by atoms with E-state index in [0.29, 0.717) is 0 Å². The first kappa shape index (κ1) is 10.9. The maximum atomic E-state index is 12.2. The van der Waals surface area contributed by atoms with Gasteiger partial charge in [0.2, 0.25) is 0 Å². The second-order valence-corrected chi connectivity index (χ2v) is 3.14. The lowest BCUT2D eigenvalue weighted by atomic mass is 9.80. The van der Waals surface area contributed by atoms with E-state index in [-0.39, 0.29) is 0 Å². The molecular formula is C10H11BF3-. The van der Waals surface area contributed by atoms with E-state index < -0.39 is 12.4 Å². The summed E-state index contributed by atoms with van der Waals surface area (Å²) >= 11 is 0. The molecule has 0 fully saturated rings. The predicted molar refractivity (Wildman–Crippen MR) is 53.7 cm³/mol. The quantitative estimate of drug-likeness (QED) is 0.516. The Morgan fingerprint density at radius 1 is 1.14 bits per heavy atom. The first-order chi connectivity index (χ1) is 6.54. The molecule has 0 aromatic heterocycles. The van der Waals surface area contributed by atoms with Crippen LogP contribution in [0.1, 0.15) is 12.0 Å². The average molecular weight is 199 g/mol. The zero-order valence-electron chi connectivity index (χ0n) is 7.72. The average Bonchev–Trinajstić information content (AvgIpc) is 2.14. The molecule has 0 aliphatic rings. The van der Waals surface area contributed by atoms with Gasteiger partial charge in [0.15, 0.2) is 0 Å². The van der Waals surface area contributed by atoms with E-state index in [1.165, 1.54) is 12.1 Å². The number of benzene rings is 1. The van der Waals surface area contributed by atoms with Crippen molar-refractivity contribution in [2.45, 2.75) is 12.8 Å². The smallest absolute Gasteiger partial charge is 0.445 e. The summed E-state index contributed by atoms with van der Waals surface area (Å²) in [4.78, 5) is 0. The SMILES string of the molecule is C=CCCc1ccc([B-](F)(F)F)cc1. The van der Waals surface area contributed by atoms with Gasteiger partial charge in [0.25, 0.3) is 0 Å². The highest BCUT2D eigenvalue weighted by Gasteiger charge is 2.24. The van der Waals surface area contributed by atoms with Crippen molar-refractivity contribution in [3.63, 3.8) is 0 Å². The van der Waals surface area contributed by atoms with Crippen LogP contribution in [0.15, 0.2) is 36.9 Å². The van der Waals surface area contributed by atoms with Gasteiger partial charge in [0, 0.05) is 0 Å². The lowest BCUT2D eigenvalue weighted by molar-refractivity contribution is 0.501. The molecule has 0 saturated carbocycles. The van der Waals surface area contributed by atoms with Crippen LogP contribution in [0.5, 0.6) is 0 Å². The largest absolute Gasteiger partial charge is 0.509 e. The van der Waals surface area contributed by atoms with Crippen LogP contribution in [-0.2, 0) is 6.42 Å². The third kappa shape index (κ3) is 2.94. The van der Waals surface area contributed by atoms with Gasteiger partial charge in [0.05, 0.1) is 0 Å². The van der Waals surface area contributed by atoms with Crippen molar-refractivity contribution < 1.29 is 12.9 Å². The molecule has 0 saturated heterocycles. The lowest BCUT2D eigenvalue weighted by Gasteiger charge is -2.14. The molecule has 0 nitrogen and oxygen atoms in total. The fraction of sp³-hybridized carbons (Fsp3) is 0.200. The molecule has 0 aliphatic heterocycles. The van der Waals surface area contributed by atoms with Crippen LogP contribution in [0.25, 0.3) is 0 Å². The molecule has 0 unspecified atom stereocenters. The van der Waals surface area contributed by atoms with Crippen LogP contribution in [0.3, 0.4) is 0 Å². The molecule has 76 valence electrons. The molecule has 0 radical (unpaired) electrons. The Kier molecular flexibility index (Phi) is 3.39. The third-order valence-corrected chi connectivity index (χ3v) is 1.99. The van der Waals surface area contributed by atoms with E-state index in [1.807, 2.05) is 0 Å². The monoisotopic (exact) mass is 199 g/mol. The summed E-state index contributed by atoms with van der Waals surface area (Å²) < 4.78 is 36.7.